The number of aliphatic carboxylic acids is 1. The Morgan fingerprint density at radius 2 is 1.94 bits per heavy atom. The molecule has 5 heteroatoms. The first kappa shape index (κ1) is 14.3. The van der Waals surface area contributed by atoms with Crippen molar-refractivity contribution in [2.75, 3.05) is 13.6 Å². The van der Waals surface area contributed by atoms with Crippen LogP contribution in [0.2, 0.25) is 5.02 Å². The molecule has 94 valence electrons. The van der Waals surface area contributed by atoms with Crippen LogP contribution >= 0.6 is 23.2 Å². The van der Waals surface area contributed by atoms with Gasteiger partial charge in [-0.3, -0.25) is 9.69 Å². The standard InChI is InChI=1S/C12H15Cl2NO2/c1-8(9-3-5-10(13)6-4-9)15(2)7-11(14)12(16)17/h3-6,8,11H,7H2,1-2H3,(H,16,17). The van der Waals surface area contributed by atoms with Gasteiger partial charge in [0.05, 0.1) is 0 Å². The largest absolute Gasteiger partial charge is 0.480 e. The Kier molecular flexibility index (Phi) is 5.25. The number of carboxylic acid groups (broad SMARTS) is 1. The molecule has 0 saturated carbocycles. The third kappa shape index (κ3) is 4.19. The number of alkyl halides is 1. The summed E-state index contributed by atoms with van der Waals surface area (Å²) in [4.78, 5) is 12.6. The van der Waals surface area contributed by atoms with Gasteiger partial charge in [0, 0.05) is 17.6 Å². The average Bonchev–Trinajstić information content (AvgIpc) is 2.28. The third-order valence-electron chi connectivity index (χ3n) is 2.73. The second-order valence-electron chi connectivity index (χ2n) is 3.97. The van der Waals surface area contributed by atoms with E-state index < -0.39 is 11.3 Å². The molecule has 17 heavy (non-hydrogen) atoms. The molecule has 1 aromatic rings. The maximum absolute atomic E-state index is 10.7. The van der Waals surface area contributed by atoms with Crippen molar-refractivity contribution in [1.29, 1.82) is 0 Å². The van der Waals surface area contributed by atoms with Gasteiger partial charge >= 0.3 is 5.97 Å². The molecule has 0 heterocycles. The van der Waals surface area contributed by atoms with Crippen LogP contribution in [0.5, 0.6) is 0 Å². The summed E-state index contributed by atoms with van der Waals surface area (Å²) < 4.78 is 0. The molecule has 0 aliphatic rings. The number of halogens is 2. The number of hydrogen-bond acceptors (Lipinski definition) is 2. The Balaban J connectivity index is 2.66. The molecule has 0 saturated heterocycles. The molecule has 0 aliphatic heterocycles. The van der Waals surface area contributed by atoms with Gasteiger partial charge in [0.15, 0.2) is 0 Å². The van der Waals surface area contributed by atoms with E-state index in [2.05, 4.69) is 0 Å². The number of nitrogens with zero attached hydrogens (tertiary/aromatic N) is 1. The van der Waals surface area contributed by atoms with Crippen molar-refractivity contribution in [3.8, 4) is 0 Å². The van der Waals surface area contributed by atoms with Gasteiger partial charge < -0.3 is 5.11 Å². The van der Waals surface area contributed by atoms with Gasteiger partial charge in [0.25, 0.3) is 0 Å². The lowest BCUT2D eigenvalue weighted by atomic mass is 10.1. The Hall–Kier alpha value is -0.770. The van der Waals surface area contributed by atoms with Gasteiger partial charge in [0.2, 0.25) is 0 Å². The summed E-state index contributed by atoms with van der Waals surface area (Å²) in [6.45, 7) is 2.29. The van der Waals surface area contributed by atoms with Crippen LogP contribution in [-0.2, 0) is 4.79 Å². The predicted octanol–water partition coefficient (Wildman–Crippen LogP) is 3.02. The fourth-order valence-corrected chi connectivity index (χ4v) is 1.83. The van der Waals surface area contributed by atoms with Crippen LogP contribution in [0.25, 0.3) is 0 Å². The summed E-state index contributed by atoms with van der Waals surface area (Å²) in [7, 11) is 1.84. The van der Waals surface area contributed by atoms with Crippen LogP contribution in [0.4, 0.5) is 0 Å². The van der Waals surface area contributed by atoms with Gasteiger partial charge in [-0.1, -0.05) is 23.7 Å². The minimum atomic E-state index is -0.998. The lowest BCUT2D eigenvalue weighted by Gasteiger charge is -2.25. The van der Waals surface area contributed by atoms with Crippen LogP contribution < -0.4 is 0 Å². The maximum Gasteiger partial charge on any atom is 0.322 e. The van der Waals surface area contributed by atoms with Gasteiger partial charge in [-0.05, 0) is 31.7 Å². The topological polar surface area (TPSA) is 40.5 Å². The molecule has 2 atom stereocenters. The molecule has 1 aromatic carbocycles. The van der Waals surface area contributed by atoms with Gasteiger partial charge in [-0.2, -0.15) is 0 Å². The van der Waals surface area contributed by atoms with Crippen molar-refractivity contribution >= 4 is 29.2 Å². The summed E-state index contributed by atoms with van der Waals surface area (Å²) in [6, 6.07) is 7.57. The van der Waals surface area contributed by atoms with Gasteiger partial charge in [-0.25, -0.2) is 0 Å². The SMILES string of the molecule is CC(c1ccc(Cl)cc1)N(C)CC(Cl)C(=O)O. The van der Waals surface area contributed by atoms with Crippen molar-refractivity contribution in [3.63, 3.8) is 0 Å². The first-order chi connectivity index (χ1) is 7.91. The second kappa shape index (κ2) is 6.24. The van der Waals surface area contributed by atoms with E-state index in [1.165, 1.54) is 0 Å². The minimum Gasteiger partial charge on any atom is -0.480 e. The number of hydrogen-bond donors (Lipinski definition) is 1. The van der Waals surface area contributed by atoms with Crippen molar-refractivity contribution in [2.24, 2.45) is 0 Å². The Morgan fingerprint density at radius 3 is 2.41 bits per heavy atom. The molecule has 0 bridgehead atoms. The van der Waals surface area contributed by atoms with Crippen molar-refractivity contribution in [1.82, 2.24) is 4.90 Å². The molecule has 0 spiro atoms. The molecule has 0 aliphatic carbocycles. The Morgan fingerprint density at radius 1 is 1.41 bits per heavy atom. The molecular weight excluding hydrogens is 261 g/mol. The van der Waals surface area contributed by atoms with Crippen molar-refractivity contribution in [3.05, 3.63) is 34.9 Å². The average molecular weight is 276 g/mol. The first-order valence-corrected chi connectivity index (χ1v) is 6.06. The molecule has 1 rings (SSSR count). The van der Waals surface area contributed by atoms with E-state index in [0.29, 0.717) is 11.6 Å². The lowest BCUT2D eigenvalue weighted by Crippen LogP contribution is -2.32. The van der Waals surface area contributed by atoms with Crippen LogP contribution in [0.3, 0.4) is 0 Å². The fourth-order valence-electron chi connectivity index (χ4n) is 1.48. The van der Waals surface area contributed by atoms with E-state index in [1.807, 2.05) is 43.1 Å². The smallest absolute Gasteiger partial charge is 0.322 e. The van der Waals surface area contributed by atoms with Crippen LogP contribution in [0.15, 0.2) is 24.3 Å². The van der Waals surface area contributed by atoms with Gasteiger partial charge in [0.1, 0.15) is 5.38 Å². The molecular formula is C12H15Cl2NO2. The van der Waals surface area contributed by atoms with Crippen molar-refractivity contribution < 1.29 is 9.90 Å². The number of rotatable bonds is 5. The quantitative estimate of drug-likeness (QED) is 0.840. The molecule has 3 nitrogen and oxygen atoms in total. The van der Waals surface area contributed by atoms with E-state index in [9.17, 15) is 4.79 Å². The molecule has 0 radical (unpaired) electrons. The van der Waals surface area contributed by atoms with E-state index in [0.717, 1.165) is 5.56 Å². The van der Waals surface area contributed by atoms with E-state index in [4.69, 9.17) is 28.3 Å². The highest BCUT2D eigenvalue weighted by atomic mass is 35.5. The highest BCUT2D eigenvalue weighted by Crippen LogP contribution is 2.21. The summed E-state index contributed by atoms with van der Waals surface area (Å²) in [5.74, 6) is -0.998. The highest BCUT2D eigenvalue weighted by molar-refractivity contribution is 6.30. The zero-order valence-electron chi connectivity index (χ0n) is 9.73. The minimum absolute atomic E-state index is 0.0906. The van der Waals surface area contributed by atoms with E-state index in [1.54, 1.807) is 0 Å². The van der Waals surface area contributed by atoms with Crippen LogP contribution in [0.1, 0.15) is 18.5 Å². The summed E-state index contributed by atoms with van der Waals surface area (Å²) in [5, 5.41) is 8.53. The van der Waals surface area contributed by atoms with Crippen LogP contribution in [-0.4, -0.2) is 34.9 Å². The number of carbonyl (C=O) groups is 1. The second-order valence-corrected chi connectivity index (χ2v) is 4.94. The third-order valence-corrected chi connectivity index (χ3v) is 3.31. The molecule has 1 N–H and O–H groups in total. The van der Waals surface area contributed by atoms with Gasteiger partial charge in [-0.15, -0.1) is 11.6 Å². The van der Waals surface area contributed by atoms with E-state index in [-0.39, 0.29) is 6.04 Å². The highest BCUT2D eigenvalue weighted by Gasteiger charge is 2.19. The predicted molar refractivity (Wildman–Crippen MR) is 69.8 cm³/mol. The van der Waals surface area contributed by atoms with Crippen molar-refractivity contribution in [2.45, 2.75) is 18.3 Å². The normalized spacial score (nSPS) is 14.6. The zero-order valence-corrected chi connectivity index (χ0v) is 11.2. The maximum atomic E-state index is 10.7. The summed E-state index contributed by atoms with van der Waals surface area (Å²) >= 11 is 11.5. The number of benzene rings is 1. The molecule has 2 unspecified atom stereocenters. The zero-order chi connectivity index (χ0) is 13.0. The van der Waals surface area contributed by atoms with E-state index >= 15 is 0 Å². The molecule has 0 fully saturated rings. The summed E-state index contributed by atoms with van der Waals surface area (Å²) in [5.41, 5.74) is 1.08. The summed E-state index contributed by atoms with van der Waals surface area (Å²) in [6.07, 6.45) is 0. The fraction of sp³-hybridized carbons (Fsp3) is 0.417. The molecule has 0 aromatic heterocycles. The first-order valence-electron chi connectivity index (χ1n) is 5.24. The Bertz CT molecular complexity index is 381. The lowest BCUT2D eigenvalue weighted by molar-refractivity contribution is -0.137. The van der Waals surface area contributed by atoms with Crippen LogP contribution in [0, 0.1) is 0 Å². The molecule has 0 amide bonds. The Labute approximate surface area is 111 Å². The monoisotopic (exact) mass is 275 g/mol. The number of carboxylic acids is 1.